The van der Waals surface area contributed by atoms with Gasteiger partial charge in [0, 0.05) is 18.3 Å². The van der Waals surface area contributed by atoms with Gasteiger partial charge in [0.2, 0.25) is 5.91 Å². The first kappa shape index (κ1) is 9.58. The number of amides is 1. The van der Waals surface area contributed by atoms with E-state index in [-0.39, 0.29) is 11.2 Å². The molecule has 2 heterocycles. The molecule has 0 spiro atoms. The lowest BCUT2D eigenvalue weighted by molar-refractivity contribution is -0.120. The standard InChI is InChI=1S/C9H13N3OS/c13-9(8-2-1-3-14-8)10-4-7-5-11-12-6-7/h5-6,8H,1-4H2,(H,10,13)(H,11,12). The fourth-order valence-electron chi connectivity index (χ4n) is 1.46. The lowest BCUT2D eigenvalue weighted by Gasteiger charge is -2.08. The number of rotatable bonds is 3. The number of thioether (sulfide) groups is 1. The molecule has 1 saturated heterocycles. The minimum atomic E-state index is 0.161. The van der Waals surface area contributed by atoms with Crippen LogP contribution in [0.4, 0.5) is 0 Å². The van der Waals surface area contributed by atoms with Crippen molar-refractivity contribution in [1.82, 2.24) is 15.5 Å². The zero-order valence-corrected chi connectivity index (χ0v) is 8.64. The van der Waals surface area contributed by atoms with Gasteiger partial charge in [0.1, 0.15) is 0 Å². The van der Waals surface area contributed by atoms with Gasteiger partial charge < -0.3 is 5.32 Å². The number of hydrogen-bond donors (Lipinski definition) is 2. The molecule has 0 saturated carbocycles. The van der Waals surface area contributed by atoms with Gasteiger partial charge in [0.15, 0.2) is 0 Å². The topological polar surface area (TPSA) is 57.8 Å². The van der Waals surface area contributed by atoms with Crippen molar-refractivity contribution in [3.8, 4) is 0 Å². The van der Waals surface area contributed by atoms with Crippen LogP contribution >= 0.6 is 11.8 Å². The van der Waals surface area contributed by atoms with Crippen molar-refractivity contribution >= 4 is 17.7 Å². The summed E-state index contributed by atoms with van der Waals surface area (Å²) in [6.07, 6.45) is 5.69. The van der Waals surface area contributed by atoms with Crippen molar-refractivity contribution in [3.63, 3.8) is 0 Å². The van der Waals surface area contributed by atoms with Crippen LogP contribution in [0, 0.1) is 0 Å². The van der Waals surface area contributed by atoms with Gasteiger partial charge in [0.25, 0.3) is 0 Å². The molecule has 0 bridgehead atoms. The molecule has 1 aromatic rings. The summed E-state index contributed by atoms with van der Waals surface area (Å²) in [5.74, 6) is 1.28. The van der Waals surface area contributed by atoms with E-state index in [1.165, 1.54) is 0 Å². The second-order valence-electron chi connectivity index (χ2n) is 3.33. The number of aromatic amines is 1. The molecule has 1 aromatic heterocycles. The van der Waals surface area contributed by atoms with Crippen molar-refractivity contribution in [1.29, 1.82) is 0 Å². The van der Waals surface area contributed by atoms with Crippen LogP contribution in [0.3, 0.4) is 0 Å². The number of carbonyl (C=O) groups is 1. The van der Waals surface area contributed by atoms with Gasteiger partial charge in [-0.1, -0.05) is 0 Å². The van der Waals surface area contributed by atoms with Crippen molar-refractivity contribution < 1.29 is 4.79 Å². The molecule has 1 unspecified atom stereocenters. The van der Waals surface area contributed by atoms with Crippen LogP contribution in [0.1, 0.15) is 18.4 Å². The van der Waals surface area contributed by atoms with E-state index < -0.39 is 0 Å². The molecule has 14 heavy (non-hydrogen) atoms. The van der Waals surface area contributed by atoms with Gasteiger partial charge in [-0.2, -0.15) is 5.10 Å². The number of nitrogens with one attached hydrogen (secondary N) is 2. The lowest BCUT2D eigenvalue weighted by Crippen LogP contribution is -2.30. The van der Waals surface area contributed by atoms with Crippen molar-refractivity contribution in [2.75, 3.05) is 5.75 Å². The normalized spacial score (nSPS) is 21.0. The fraction of sp³-hybridized carbons (Fsp3) is 0.556. The summed E-state index contributed by atoms with van der Waals surface area (Å²) in [6, 6.07) is 0. The number of nitrogens with zero attached hydrogens (tertiary/aromatic N) is 1. The molecule has 1 atom stereocenters. The van der Waals surface area contributed by atoms with E-state index in [4.69, 9.17) is 0 Å². The van der Waals surface area contributed by atoms with Crippen molar-refractivity contribution in [3.05, 3.63) is 18.0 Å². The van der Waals surface area contributed by atoms with E-state index >= 15 is 0 Å². The maximum absolute atomic E-state index is 11.6. The maximum Gasteiger partial charge on any atom is 0.233 e. The highest BCUT2D eigenvalue weighted by Gasteiger charge is 2.22. The van der Waals surface area contributed by atoms with E-state index in [1.54, 1.807) is 24.2 Å². The average Bonchev–Trinajstić information content (AvgIpc) is 2.87. The predicted octanol–water partition coefficient (Wildman–Crippen LogP) is 0.921. The first-order valence-electron chi connectivity index (χ1n) is 4.73. The van der Waals surface area contributed by atoms with Crippen LogP contribution in [-0.4, -0.2) is 27.1 Å². The van der Waals surface area contributed by atoms with Crippen LogP contribution in [0.2, 0.25) is 0 Å². The molecule has 1 aliphatic heterocycles. The second kappa shape index (κ2) is 4.50. The third kappa shape index (κ3) is 2.29. The molecular formula is C9H13N3OS. The van der Waals surface area contributed by atoms with Crippen LogP contribution in [-0.2, 0) is 11.3 Å². The number of aromatic nitrogens is 2. The van der Waals surface area contributed by atoms with Crippen LogP contribution in [0.25, 0.3) is 0 Å². The molecule has 1 aliphatic rings. The van der Waals surface area contributed by atoms with E-state index in [2.05, 4.69) is 15.5 Å². The largest absolute Gasteiger partial charge is 0.351 e. The molecule has 5 heteroatoms. The molecule has 2 N–H and O–H groups in total. The van der Waals surface area contributed by atoms with Crippen LogP contribution in [0.15, 0.2) is 12.4 Å². The predicted molar refractivity (Wildman–Crippen MR) is 55.9 cm³/mol. The molecule has 2 rings (SSSR count). The summed E-state index contributed by atoms with van der Waals surface area (Å²) in [4.78, 5) is 11.6. The first-order valence-corrected chi connectivity index (χ1v) is 5.78. The highest BCUT2D eigenvalue weighted by Crippen LogP contribution is 2.25. The summed E-state index contributed by atoms with van der Waals surface area (Å²) in [5, 5.41) is 9.61. The van der Waals surface area contributed by atoms with Gasteiger partial charge in [-0.25, -0.2) is 0 Å². The highest BCUT2D eigenvalue weighted by molar-refractivity contribution is 8.00. The smallest absolute Gasteiger partial charge is 0.233 e. The van der Waals surface area contributed by atoms with Gasteiger partial charge >= 0.3 is 0 Å². The Hall–Kier alpha value is -0.970. The third-order valence-corrected chi connectivity index (χ3v) is 3.62. The maximum atomic E-state index is 11.6. The summed E-state index contributed by atoms with van der Waals surface area (Å²) < 4.78 is 0. The zero-order chi connectivity index (χ0) is 9.80. The number of carbonyl (C=O) groups excluding carboxylic acids is 1. The Balaban J connectivity index is 1.77. The Bertz CT molecular complexity index is 293. The SMILES string of the molecule is O=C(NCc1cn[nH]c1)C1CCCS1. The van der Waals surface area contributed by atoms with Gasteiger partial charge in [-0.05, 0) is 18.6 Å². The van der Waals surface area contributed by atoms with E-state index in [0.717, 1.165) is 24.2 Å². The molecule has 1 amide bonds. The Morgan fingerprint density at radius 2 is 2.71 bits per heavy atom. The monoisotopic (exact) mass is 211 g/mol. The summed E-state index contributed by atoms with van der Waals surface area (Å²) in [6.45, 7) is 0.576. The Kier molecular flexibility index (Phi) is 3.08. The Morgan fingerprint density at radius 1 is 1.79 bits per heavy atom. The summed E-state index contributed by atoms with van der Waals surface area (Å²) >= 11 is 1.75. The minimum Gasteiger partial charge on any atom is -0.351 e. The quantitative estimate of drug-likeness (QED) is 0.781. The highest BCUT2D eigenvalue weighted by atomic mass is 32.2. The van der Waals surface area contributed by atoms with Crippen molar-refractivity contribution in [2.45, 2.75) is 24.6 Å². The molecule has 4 nitrogen and oxygen atoms in total. The summed E-state index contributed by atoms with van der Waals surface area (Å²) in [5.41, 5.74) is 1.02. The molecule has 0 aliphatic carbocycles. The van der Waals surface area contributed by atoms with Gasteiger partial charge in [-0.15, -0.1) is 11.8 Å². The summed E-state index contributed by atoms with van der Waals surface area (Å²) in [7, 11) is 0. The number of hydrogen-bond acceptors (Lipinski definition) is 3. The molecular weight excluding hydrogens is 198 g/mol. The van der Waals surface area contributed by atoms with E-state index in [1.807, 2.05) is 0 Å². The minimum absolute atomic E-state index is 0.161. The van der Waals surface area contributed by atoms with Crippen LogP contribution in [0.5, 0.6) is 0 Å². The molecule has 0 radical (unpaired) electrons. The number of H-pyrrole nitrogens is 1. The van der Waals surface area contributed by atoms with E-state index in [0.29, 0.717) is 6.54 Å². The lowest BCUT2D eigenvalue weighted by atomic mass is 10.2. The van der Waals surface area contributed by atoms with Crippen molar-refractivity contribution in [2.24, 2.45) is 0 Å². The van der Waals surface area contributed by atoms with Crippen LogP contribution < -0.4 is 5.32 Å². The third-order valence-electron chi connectivity index (χ3n) is 2.24. The van der Waals surface area contributed by atoms with Gasteiger partial charge in [0.05, 0.1) is 11.4 Å². The second-order valence-corrected chi connectivity index (χ2v) is 4.64. The Morgan fingerprint density at radius 3 is 3.36 bits per heavy atom. The zero-order valence-electron chi connectivity index (χ0n) is 7.82. The van der Waals surface area contributed by atoms with Gasteiger partial charge in [-0.3, -0.25) is 9.89 Å². The van der Waals surface area contributed by atoms with E-state index in [9.17, 15) is 4.79 Å². The molecule has 1 fully saturated rings. The average molecular weight is 211 g/mol. The Labute approximate surface area is 86.8 Å². The molecule has 0 aromatic carbocycles. The first-order chi connectivity index (χ1) is 6.86. The fourth-order valence-corrected chi connectivity index (χ4v) is 2.65. The molecule has 76 valence electrons.